The first-order valence-electron chi connectivity index (χ1n) is 11.3. The number of nitrogens with one attached hydrogen (secondary N) is 1. The van der Waals surface area contributed by atoms with Crippen LogP contribution < -0.4 is 5.32 Å². The highest BCUT2D eigenvalue weighted by atomic mass is 35.5. The van der Waals surface area contributed by atoms with Crippen LogP contribution >= 0.6 is 11.6 Å². The van der Waals surface area contributed by atoms with E-state index in [-0.39, 0.29) is 33.5 Å². The number of phenols is 1. The first-order valence-corrected chi connectivity index (χ1v) is 11.7. The van der Waals surface area contributed by atoms with E-state index in [2.05, 4.69) is 22.1 Å². The molecule has 1 aromatic heterocycles. The highest BCUT2D eigenvalue weighted by Crippen LogP contribution is 2.40. The lowest BCUT2D eigenvalue weighted by atomic mass is 9.77. The van der Waals surface area contributed by atoms with Gasteiger partial charge in [-0.2, -0.15) is 0 Å². The molecule has 180 valence electrons. The molecule has 2 N–H and O–H groups in total. The van der Waals surface area contributed by atoms with E-state index in [4.69, 9.17) is 11.6 Å². The van der Waals surface area contributed by atoms with E-state index in [0.29, 0.717) is 22.2 Å². The summed E-state index contributed by atoms with van der Waals surface area (Å²) in [7, 11) is 4.09. The molecule has 0 spiro atoms. The number of hydrogen-bond donors (Lipinski definition) is 2. The number of fused-ring (bicyclic) bond motifs is 1. The molecule has 2 aromatic carbocycles. The number of anilines is 1. The minimum absolute atomic E-state index is 0.0943. The fourth-order valence-corrected chi connectivity index (χ4v) is 5.34. The Hall–Kier alpha value is -2.77. The summed E-state index contributed by atoms with van der Waals surface area (Å²) in [6, 6.07) is 5.40. The SMILES string of the molecule is CC(=O)c1cnc2cc(F)c(-c3cc(F)c(O)c(Cl)c3)cc2c1NC1(C)CCCCC1N(C)C. The summed E-state index contributed by atoms with van der Waals surface area (Å²) in [5, 5.41) is 13.7. The molecule has 1 saturated carbocycles. The molecule has 1 fully saturated rings. The number of carbonyl (C=O) groups excluding carboxylic acids is 1. The van der Waals surface area contributed by atoms with Crippen molar-refractivity contribution in [2.75, 3.05) is 19.4 Å². The van der Waals surface area contributed by atoms with Gasteiger partial charge in [0, 0.05) is 29.3 Å². The Morgan fingerprint density at radius 1 is 1.21 bits per heavy atom. The molecule has 0 saturated heterocycles. The summed E-state index contributed by atoms with van der Waals surface area (Å²) < 4.78 is 29.3. The molecular weight excluding hydrogens is 460 g/mol. The number of benzene rings is 2. The number of phenolic OH excluding ortho intramolecular Hbond substituents is 1. The van der Waals surface area contributed by atoms with E-state index in [1.807, 2.05) is 14.1 Å². The zero-order chi connectivity index (χ0) is 24.8. The third kappa shape index (κ3) is 4.34. The molecule has 1 aliphatic rings. The summed E-state index contributed by atoms with van der Waals surface area (Å²) in [5.41, 5.74) is 1.30. The van der Waals surface area contributed by atoms with E-state index in [1.54, 1.807) is 6.07 Å². The second-order valence-corrected chi connectivity index (χ2v) is 9.92. The van der Waals surface area contributed by atoms with E-state index in [1.165, 1.54) is 25.3 Å². The van der Waals surface area contributed by atoms with Crippen LogP contribution in [-0.4, -0.2) is 46.4 Å². The summed E-state index contributed by atoms with van der Waals surface area (Å²) in [4.78, 5) is 19.1. The number of Topliss-reactive ketones (excluding diaryl/α,β-unsaturated/α-hetero) is 1. The molecule has 0 aliphatic heterocycles. The van der Waals surface area contributed by atoms with Crippen molar-refractivity contribution in [3.8, 4) is 16.9 Å². The lowest BCUT2D eigenvalue weighted by molar-refractivity contribution is 0.101. The van der Waals surface area contributed by atoms with Crippen molar-refractivity contribution in [2.24, 2.45) is 0 Å². The Labute approximate surface area is 202 Å². The van der Waals surface area contributed by atoms with Crippen molar-refractivity contribution in [3.05, 3.63) is 52.7 Å². The largest absolute Gasteiger partial charge is 0.504 e. The third-order valence-corrected chi connectivity index (χ3v) is 7.15. The van der Waals surface area contributed by atoms with Crippen molar-refractivity contribution < 1.29 is 18.7 Å². The second-order valence-electron chi connectivity index (χ2n) is 9.51. The number of pyridine rings is 1. The number of aromatic hydroxyl groups is 1. The number of aromatic nitrogens is 1. The Bertz CT molecular complexity index is 1260. The zero-order valence-electron chi connectivity index (χ0n) is 19.7. The maximum absolute atomic E-state index is 15.1. The van der Waals surface area contributed by atoms with Gasteiger partial charge < -0.3 is 15.3 Å². The number of ketones is 1. The Kier molecular flexibility index (Phi) is 6.53. The molecule has 0 amide bonds. The average Bonchev–Trinajstić information content (AvgIpc) is 2.76. The molecule has 3 aromatic rings. The van der Waals surface area contributed by atoms with Crippen LogP contribution in [0.3, 0.4) is 0 Å². The maximum Gasteiger partial charge on any atom is 0.170 e. The Morgan fingerprint density at radius 2 is 1.94 bits per heavy atom. The van der Waals surface area contributed by atoms with Crippen LogP contribution in [0.5, 0.6) is 5.75 Å². The van der Waals surface area contributed by atoms with Crippen molar-refractivity contribution in [1.29, 1.82) is 0 Å². The summed E-state index contributed by atoms with van der Waals surface area (Å²) in [5.74, 6) is -2.41. The summed E-state index contributed by atoms with van der Waals surface area (Å²) in [6.07, 6.45) is 5.57. The van der Waals surface area contributed by atoms with Crippen LogP contribution in [0, 0.1) is 11.6 Å². The molecule has 4 rings (SSSR count). The average molecular weight is 488 g/mol. The van der Waals surface area contributed by atoms with E-state index >= 15 is 4.39 Å². The summed E-state index contributed by atoms with van der Waals surface area (Å²) in [6.45, 7) is 3.62. The first-order chi connectivity index (χ1) is 16.0. The lowest BCUT2D eigenvalue weighted by Crippen LogP contribution is -2.55. The predicted molar refractivity (Wildman–Crippen MR) is 132 cm³/mol. The number of carbonyl (C=O) groups is 1. The van der Waals surface area contributed by atoms with Crippen LogP contribution in [0.1, 0.15) is 49.9 Å². The minimum atomic E-state index is -0.945. The number of likely N-dealkylation sites (N-methyl/N-ethyl adjacent to an activating group) is 1. The topological polar surface area (TPSA) is 65.5 Å². The monoisotopic (exact) mass is 487 g/mol. The Balaban J connectivity index is 1.94. The van der Waals surface area contributed by atoms with Gasteiger partial charge in [-0.3, -0.25) is 9.78 Å². The highest BCUT2D eigenvalue weighted by molar-refractivity contribution is 6.32. The van der Waals surface area contributed by atoms with E-state index in [0.717, 1.165) is 31.7 Å². The highest BCUT2D eigenvalue weighted by Gasteiger charge is 2.38. The van der Waals surface area contributed by atoms with Crippen LogP contribution in [-0.2, 0) is 0 Å². The number of rotatable bonds is 5. The predicted octanol–water partition coefficient (Wildman–Crippen LogP) is 6.42. The molecule has 1 heterocycles. The minimum Gasteiger partial charge on any atom is -0.504 e. The van der Waals surface area contributed by atoms with Gasteiger partial charge >= 0.3 is 0 Å². The van der Waals surface area contributed by atoms with Gasteiger partial charge in [0.25, 0.3) is 0 Å². The number of halogens is 3. The fourth-order valence-electron chi connectivity index (χ4n) is 5.13. The van der Waals surface area contributed by atoms with Crippen LogP contribution in [0.2, 0.25) is 5.02 Å². The first kappa shape index (κ1) is 24.4. The van der Waals surface area contributed by atoms with Crippen LogP contribution in [0.4, 0.5) is 14.5 Å². The van der Waals surface area contributed by atoms with Gasteiger partial charge in [-0.1, -0.05) is 24.4 Å². The van der Waals surface area contributed by atoms with Crippen LogP contribution in [0.15, 0.2) is 30.5 Å². The van der Waals surface area contributed by atoms with Gasteiger partial charge in [0.15, 0.2) is 17.3 Å². The molecule has 34 heavy (non-hydrogen) atoms. The molecular formula is C26H28ClF2N3O2. The molecule has 0 radical (unpaired) electrons. The molecule has 8 heteroatoms. The van der Waals surface area contributed by atoms with Crippen LogP contribution in [0.25, 0.3) is 22.0 Å². The van der Waals surface area contributed by atoms with Gasteiger partial charge in [0.1, 0.15) is 5.82 Å². The quantitative estimate of drug-likeness (QED) is 0.407. The Morgan fingerprint density at radius 3 is 2.59 bits per heavy atom. The standard InChI is InChI=1S/C26H28ClF2N3O2/c1-14(33)18-13-30-22-12-20(28)16(15-9-19(27)25(34)21(29)10-15)11-17(22)24(18)31-26(2)8-6-5-7-23(26)32(3)4/h9-13,23,34H,5-8H2,1-4H3,(H,30,31). The molecule has 1 aliphatic carbocycles. The number of hydrogen-bond acceptors (Lipinski definition) is 5. The van der Waals surface area contributed by atoms with Crippen molar-refractivity contribution in [2.45, 2.75) is 51.1 Å². The molecule has 2 atom stereocenters. The van der Waals surface area contributed by atoms with Gasteiger partial charge in [-0.05, 0) is 64.5 Å². The molecule has 5 nitrogen and oxygen atoms in total. The van der Waals surface area contributed by atoms with Gasteiger partial charge in [-0.15, -0.1) is 0 Å². The summed E-state index contributed by atoms with van der Waals surface area (Å²) >= 11 is 5.94. The normalized spacial score (nSPS) is 20.6. The van der Waals surface area contributed by atoms with E-state index in [9.17, 15) is 14.3 Å². The molecule has 0 bridgehead atoms. The zero-order valence-corrected chi connectivity index (χ0v) is 20.4. The number of nitrogens with zero attached hydrogens (tertiary/aromatic N) is 2. The fraction of sp³-hybridized carbons (Fsp3) is 0.385. The second kappa shape index (κ2) is 9.12. The van der Waals surface area contributed by atoms with E-state index < -0.39 is 17.4 Å². The van der Waals surface area contributed by atoms with Crippen molar-refractivity contribution in [3.63, 3.8) is 0 Å². The molecule has 2 unspecified atom stereocenters. The maximum atomic E-state index is 15.1. The van der Waals surface area contributed by atoms with Gasteiger partial charge in [0.05, 0.1) is 27.3 Å². The smallest absolute Gasteiger partial charge is 0.170 e. The van der Waals surface area contributed by atoms with Gasteiger partial charge in [-0.25, -0.2) is 8.78 Å². The lowest BCUT2D eigenvalue weighted by Gasteiger charge is -2.46. The van der Waals surface area contributed by atoms with Crippen molar-refractivity contribution in [1.82, 2.24) is 9.88 Å². The van der Waals surface area contributed by atoms with Crippen molar-refractivity contribution >= 4 is 34.0 Å². The van der Waals surface area contributed by atoms with Gasteiger partial charge in [0.2, 0.25) is 0 Å². The third-order valence-electron chi connectivity index (χ3n) is 6.86.